The molecule has 27 heavy (non-hydrogen) atoms. The van der Waals surface area contributed by atoms with Crippen molar-refractivity contribution < 1.29 is 9.53 Å². The zero-order valence-electron chi connectivity index (χ0n) is 15.1. The van der Waals surface area contributed by atoms with Gasteiger partial charge in [-0.1, -0.05) is 23.7 Å². The molecular formula is C19H24ClN5O2. The number of rotatable bonds is 6. The summed E-state index contributed by atoms with van der Waals surface area (Å²) in [7, 11) is 0. The van der Waals surface area contributed by atoms with Crippen molar-refractivity contribution in [1.29, 1.82) is 0 Å². The average Bonchev–Trinajstić information content (AvgIpc) is 3.31. The molecule has 2 aliphatic heterocycles. The molecule has 1 aromatic carbocycles. The van der Waals surface area contributed by atoms with Crippen LogP contribution in [0.25, 0.3) is 0 Å². The monoisotopic (exact) mass is 389 g/mol. The lowest BCUT2D eigenvalue weighted by Gasteiger charge is -2.35. The highest BCUT2D eigenvalue weighted by molar-refractivity contribution is 6.30. The number of nitrogens with zero attached hydrogens (tertiary/aromatic N) is 4. The first kappa shape index (κ1) is 18.4. The number of halogens is 1. The van der Waals surface area contributed by atoms with Gasteiger partial charge in [-0.2, -0.15) is 5.10 Å². The molecule has 0 radical (unpaired) electrons. The third-order valence-corrected chi connectivity index (χ3v) is 5.53. The second-order valence-corrected chi connectivity index (χ2v) is 7.68. The molecule has 0 bridgehead atoms. The fourth-order valence-corrected chi connectivity index (χ4v) is 4.03. The molecular weight excluding hydrogens is 366 g/mol. The van der Waals surface area contributed by atoms with Gasteiger partial charge in [0.2, 0.25) is 5.91 Å². The number of hydrogen-bond donors (Lipinski definition) is 1. The first-order valence-corrected chi connectivity index (χ1v) is 9.78. The molecule has 7 nitrogen and oxygen atoms in total. The quantitative estimate of drug-likeness (QED) is 0.818. The summed E-state index contributed by atoms with van der Waals surface area (Å²) >= 11 is 5.97. The molecule has 3 heterocycles. The molecule has 2 fully saturated rings. The van der Waals surface area contributed by atoms with Crippen LogP contribution in [0.2, 0.25) is 5.02 Å². The lowest BCUT2D eigenvalue weighted by atomic mass is 10.1. The number of benzene rings is 1. The van der Waals surface area contributed by atoms with Gasteiger partial charge in [0.25, 0.3) is 0 Å². The van der Waals surface area contributed by atoms with Crippen molar-refractivity contribution in [2.75, 3.05) is 19.7 Å². The largest absolute Gasteiger partial charge is 0.371 e. The Balaban J connectivity index is 1.23. The fourth-order valence-electron chi connectivity index (χ4n) is 3.91. The van der Waals surface area contributed by atoms with Crippen LogP contribution >= 0.6 is 11.6 Å². The predicted octanol–water partition coefficient (Wildman–Crippen LogP) is 2.04. The number of ether oxygens (including phenoxy) is 1. The van der Waals surface area contributed by atoms with E-state index in [1.54, 1.807) is 11.0 Å². The van der Waals surface area contributed by atoms with E-state index in [0.717, 1.165) is 36.5 Å². The van der Waals surface area contributed by atoms with Gasteiger partial charge < -0.3 is 10.1 Å². The zero-order valence-corrected chi connectivity index (χ0v) is 15.9. The van der Waals surface area contributed by atoms with Gasteiger partial charge in [0, 0.05) is 43.2 Å². The Hall–Kier alpha value is -1.96. The summed E-state index contributed by atoms with van der Waals surface area (Å²) in [6.45, 7) is 3.15. The number of aromatic nitrogens is 3. The maximum Gasteiger partial charge on any atom is 0.220 e. The lowest BCUT2D eigenvalue weighted by molar-refractivity contribution is -0.121. The van der Waals surface area contributed by atoms with Gasteiger partial charge in [0.1, 0.15) is 12.7 Å². The number of carbonyl (C=O) groups is 1. The Bertz CT molecular complexity index is 752. The third-order valence-electron chi connectivity index (χ3n) is 5.28. The predicted molar refractivity (Wildman–Crippen MR) is 101 cm³/mol. The van der Waals surface area contributed by atoms with Gasteiger partial charge in [-0.3, -0.25) is 14.4 Å². The maximum atomic E-state index is 12.2. The number of fused-ring (bicyclic) bond motifs is 1. The van der Waals surface area contributed by atoms with Crippen LogP contribution in [0.3, 0.4) is 0 Å². The van der Waals surface area contributed by atoms with Crippen LogP contribution in [-0.4, -0.2) is 57.4 Å². The number of morpholine rings is 1. The normalized spacial score (nSPS) is 25.3. The van der Waals surface area contributed by atoms with Crippen molar-refractivity contribution in [3.8, 4) is 0 Å². The highest BCUT2D eigenvalue weighted by atomic mass is 35.5. The summed E-state index contributed by atoms with van der Waals surface area (Å²) in [5.74, 6) is 0.107. The summed E-state index contributed by atoms with van der Waals surface area (Å²) in [5.41, 5.74) is 1.15. The van der Waals surface area contributed by atoms with Crippen LogP contribution in [0.5, 0.6) is 0 Å². The number of nitrogens with one attached hydrogen (secondary N) is 1. The lowest BCUT2D eigenvalue weighted by Crippen LogP contribution is -2.43. The first-order valence-electron chi connectivity index (χ1n) is 9.40. The van der Waals surface area contributed by atoms with E-state index >= 15 is 0 Å². The van der Waals surface area contributed by atoms with Gasteiger partial charge in [-0.15, -0.1) is 0 Å². The molecule has 3 atom stereocenters. The Morgan fingerprint density at radius 1 is 1.30 bits per heavy atom. The average molecular weight is 390 g/mol. The summed E-state index contributed by atoms with van der Waals surface area (Å²) in [6.07, 6.45) is 5.46. The SMILES string of the molecule is O=C(CCCn1cncn1)N[C@@H]1C[C@H]2CO[C@@H](c3ccc(Cl)cc3)CN2C1. The van der Waals surface area contributed by atoms with Gasteiger partial charge in [-0.05, 0) is 30.5 Å². The molecule has 0 aliphatic carbocycles. The minimum absolute atomic E-state index is 0.0654. The summed E-state index contributed by atoms with van der Waals surface area (Å²) < 4.78 is 7.81. The molecule has 0 unspecified atom stereocenters. The van der Waals surface area contributed by atoms with E-state index in [9.17, 15) is 4.79 Å². The Kier molecular flexibility index (Phi) is 5.71. The summed E-state index contributed by atoms with van der Waals surface area (Å²) in [6, 6.07) is 8.43. The highest BCUT2D eigenvalue weighted by Gasteiger charge is 2.38. The van der Waals surface area contributed by atoms with Crippen LogP contribution in [0.4, 0.5) is 0 Å². The standard InChI is InChI=1S/C19H24ClN5O2/c20-15-5-3-14(4-6-15)18-10-24-9-16(8-17(24)11-27-18)23-19(26)2-1-7-25-13-21-12-22-25/h3-6,12-13,16-18H,1-2,7-11H2,(H,23,26)/t16-,17+,18-/m1/s1. The molecule has 0 spiro atoms. The van der Waals surface area contributed by atoms with E-state index in [1.807, 2.05) is 24.3 Å². The Morgan fingerprint density at radius 2 is 2.15 bits per heavy atom. The van der Waals surface area contributed by atoms with E-state index in [1.165, 1.54) is 6.33 Å². The molecule has 4 rings (SSSR count). The minimum Gasteiger partial charge on any atom is -0.371 e. The fraction of sp³-hybridized carbons (Fsp3) is 0.526. The van der Waals surface area contributed by atoms with Crippen molar-refractivity contribution in [2.45, 2.75) is 44.0 Å². The zero-order chi connectivity index (χ0) is 18.6. The smallest absolute Gasteiger partial charge is 0.220 e. The Morgan fingerprint density at radius 3 is 2.93 bits per heavy atom. The molecule has 2 aromatic rings. The van der Waals surface area contributed by atoms with Crippen molar-refractivity contribution in [2.24, 2.45) is 0 Å². The van der Waals surface area contributed by atoms with Crippen LogP contribution in [0, 0.1) is 0 Å². The van der Waals surface area contributed by atoms with Crippen molar-refractivity contribution in [1.82, 2.24) is 25.0 Å². The van der Waals surface area contributed by atoms with E-state index in [-0.39, 0.29) is 18.1 Å². The summed E-state index contributed by atoms with van der Waals surface area (Å²) in [4.78, 5) is 18.6. The second kappa shape index (κ2) is 8.37. The van der Waals surface area contributed by atoms with Crippen LogP contribution < -0.4 is 5.32 Å². The van der Waals surface area contributed by atoms with Crippen molar-refractivity contribution in [3.63, 3.8) is 0 Å². The number of amides is 1. The number of aryl methyl sites for hydroxylation is 1. The maximum absolute atomic E-state index is 12.2. The van der Waals surface area contributed by atoms with Crippen molar-refractivity contribution in [3.05, 3.63) is 47.5 Å². The number of hydrogen-bond acceptors (Lipinski definition) is 5. The summed E-state index contributed by atoms with van der Waals surface area (Å²) in [5, 5.41) is 7.96. The van der Waals surface area contributed by atoms with Crippen LogP contribution in [-0.2, 0) is 16.1 Å². The van der Waals surface area contributed by atoms with Gasteiger partial charge in [0.15, 0.2) is 0 Å². The van der Waals surface area contributed by atoms with E-state index in [0.29, 0.717) is 25.6 Å². The Labute approximate surface area is 163 Å². The van der Waals surface area contributed by atoms with E-state index in [2.05, 4.69) is 20.3 Å². The molecule has 2 aliphatic rings. The molecule has 1 amide bonds. The minimum atomic E-state index is 0.0654. The first-order chi connectivity index (χ1) is 13.2. The van der Waals surface area contributed by atoms with Gasteiger partial charge in [0.05, 0.1) is 12.7 Å². The topological polar surface area (TPSA) is 72.3 Å². The van der Waals surface area contributed by atoms with E-state index in [4.69, 9.17) is 16.3 Å². The third kappa shape index (κ3) is 4.66. The van der Waals surface area contributed by atoms with Gasteiger partial charge in [-0.25, -0.2) is 4.98 Å². The van der Waals surface area contributed by atoms with Crippen LogP contribution in [0.1, 0.15) is 30.9 Å². The number of carbonyl (C=O) groups excluding carboxylic acids is 1. The van der Waals surface area contributed by atoms with E-state index < -0.39 is 0 Å². The molecule has 144 valence electrons. The second-order valence-electron chi connectivity index (χ2n) is 7.24. The highest BCUT2D eigenvalue weighted by Crippen LogP contribution is 2.30. The molecule has 8 heteroatoms. The molecule has 1 N–H and O–H groups in total. The molecule has 1 aromatic heterocycles. The molecule has 0 saturated carbocycles. The van der Waals surface area contributed by atoms with Crippen LogP contribution in [0.15, 0.2) is 36.9 Å². The van der Waals surface area contributed by atoms with Gasteiger partial charge >= 0.3 is 0 Å². The molecule has 2 saturated heterocycles. The van der Waals surface area contributed by atoms with Crippen molar-refractivity contribution >= 4 is 17.5 Å².